The van der Waals surface area contributed by atoms with E-state index in [0.29, 0.717) is 10.8 Å². The van der Waals surface area contributed by atoms with Crippen LogP contribution in [0.5, 0.6) is 5.75 Å². The van der Waals surface area contributed by atoms with E-state index in [1.807, 2.05) is 30.3 Å². The molecule has 0 unspecified atom stereocenters. The zero-order valence-corrected chi connectivity index (χ0v) is 12.4. The zero-order chi connectivity index (χ0) is 16.2. The van der Waals surface area contributed by atoms with E-state index < -0.39 is 10.1 Å². The average molecular weight is 317 g/mol. The highest BCUT2D eigenvalue weighted by Gasteiger charge is 2.13. The lowest BCUT2D eigenvalue weighted by Crippen LogP contribution is -1.98. The molecule has 4 N–H and O–H groups in total. The van der Waals surface area contributed by atoms with Crippen molar-refractivity contribution < 1.29 is 18.1 Å². The van der Waals surface area contributed by atoms with Crippen LogP contribution in [0, 0.1) is 0 Å². The summed E-state index contributed by atoms with van der Waals surface area (Å²) in [6.45, 7) is 0. The first-order valence-electron chi connectivity index (χ1n) is 6.38. The van der Waals surface area contributed by atoms with Crippen LogP contribution in [0.3, 0.4) is 0 Å². The van der Waals surface area contributed by atoms with Crippen molar-refractivity contribution in [2.45, 2.75) is 4.90 Å². The van der Waals surface area contributed by atoms with Crippen LogP contribution >= 0.6 is 0 Å². The molecule has 0 bridgehead atoms. The fraction of sp³-hybridized carbons (Fsp3) is 0. The van der Waals surface area contributed by atoms with Gasteiger partial charge in [0.1, 0.15) is 10.6 Å². The molecule has 6 heteroatoms. The van der Waals surface area contributed by atoms with Gasteiger partial charge in [0.25, 0.3) is 10.1 Å². The Balaban J connectivity index is 0.000000211. The number of hydrogen-bond acceptors (Lipinski definition) is 4. The highest BCUT2D eigenvalue weighted by molar-refractivity contribution is 7.86. The number of benzene rings is 3. The molecule has 0 aliphatic rings. The molecule has 3 aromatic carbocycles. The van der Waals surface area contributed by atoms with Crippen LogP contribution in [0.4, 0.5) is 5.69 Å². The van der Waals surface area contributed by atoms with Gasteiger partial charge in [-0.25, -0.2) is 0 Å². The maximum atomic E-state index is 11.0. The minimum absolute atomic E-state index is 0.0509. The van der Waals surface area contributed by atoms with E-state index in [4.69, 9.17) is 10.3 Å². The standard InChI is InChI=1S/C10H8O4S.C6H7N/c11-8-4-5-9-7(6-8)2-1-3-10(9)15(12,13)14;7-6-4-2-1-3-5-6/h1-6,11H,(H,12,13,14);1-5H,7H2. The number of anilines is 1. The number of hydrogen-bond donors (Lipinski definition) is 3. The maximum Gasteiger partial charge on any atom is 0.295 e. The van der Waals surface area contributed by atoms with Crippen molar-refractivity contribution in [3.8, 4) is 5.75 Å². The molecule has 3 aromatic rings. The Morgan fingerprint density at radius 1 is 0.864 bits per heavy atom. The second kappa shape index (κ2) is 6.46. The number of phenolic OH excluding ortho intramolecular Hbond substituents is 1. The number of nitrogens with two attached hydrogens (primary N) is 1. The van der Waals surface area contributed by atoms with Gasteiger partial charge in [0.2, 0.25) is 0 Å². The van der Waals surface area contributed by atoms with E-state index in [1.165, 1.54) is 30.3 Å². The van der Waals surface area contributed by atoms with Gasteiger partial charge in [0, 0.05) is 11.1 Å². The molecule has 0 atom stereocenters. The molecule has 0 fully saturated rings. The largest absolute Gasteiger partial charge is 0.508 e. The van der Waals surface area contributed by atoms with Gasteiger partial charge in [0.05, 0.1) is 0 Å². The molecule has 5 nitrogen and oxygen atoms in total. The number of para-hydroxylation sites is 1. The molecule has 22 heavy (non-hydrogen) atoms. The minimum atomic E-state index is -4.22. The van der Waals surface area contributed by atoms with Crippen LogP contribution < -0.4 is 5.73 Å². The monoisotopic (exact) mass is 317 g/mol. The Bertz CT molecular complexity index is 877. The smallest absolute Gasteiger partial charge is 0.295 e. The van der Waals surface area contributed by atoms with Gasteiger partial charge in [-0.1, -0.05) is 30.3 Å². The number of fused-ring (bicyclic) bond motifs is 1. The second-order valence-electron chi connectivity index (χ2n) is 4.55. The van der Waals surface area contributed by atoms with E-state index in [0.717, 1.165) is 5.69 Å². The lowest BCUT2D eigenvalue weighted by atomic mass is 10.1. The van der Waals surface area contributed by atoms with Gasteiger partial charge in [0.15, 0.2) is 0 Å². The van der Waals surface area contributed by atoms with E-state index in [-0.39, 0.29) is 10.6 Å². The summed E-state index contributed by atoms with van der Waals surface area (Å²) in [5.74, 6) is 0.0509. The number of phenols is 1. The molecule has 0 spiro atoms. The van der Waals surface area contributed by atoms with E-state index >= 15 is 0 Å². The lowest BCUT2D eigenvalue weighted by molar-refractivity contribution is 0.475. The normalized spacial score (nSPS) is 10.8. The van der Waals surface area contributed by atoms with Gasteiger partial charge in [-0.05, 0) is 41.8 Å². The van der Waals surface area contributed by atoms with Gasteiger partial charge < -0.3 is 10.8 Å². The van der Waals surface area contributed by atoms with Crippen molar-refractivity contribution in [1.82, 2.24) is 0 Å². The Morgan fingerprint density at radius 2 is 1.55 bits per heavy atom. The Labute approximate surface area is 128 Å². The highest BCUT2D eigenvalue weighted by Crippen LogP contribution is 2.25. The van der Waals surface area contributed by atoms with Crippen LogP contribution in [-0.2, 0) is 10.1 Å². The molecule has 0 aliphatic heterocycles. The molecular formula is C16H15NO4S. The van der Waals surface area contributed by atoms with E-state index in [2.05, 4.69) is 0 Å². The topological polar surface area (TPSA) is 101 Å². The number of rotatable bonds is 1. The first-order chi connectivity index (χ1) is 10.4. The zero-order valence-electron chi connectivity index (χ0n) is 11.5. The fourth-order valence-corrected chi connectivity index (χ4v) is 2.63. The molecule has 0 saturated carbocycles. The van der Waals surface area contributed by atoms with Crippen molar-refractivity contribution in [2.24, 2.45) is 0 Å². The fourth-order valence-electron chi connectivity index (χ4n) is 1.92. The maximum absolute atomic E-state index is 11.0. The van der Waals surface area contributed by atoms with Gasteiger partial charge in [-0.15, -0.1) is 0 Å². The molecule has 0 heterocycles. The van der Waals surface area contributed by atoms with Gasteiger partial charge in [-0.2, -0.15) is 8.42 Å². The summed E-state index contributed by atoms with van der Waals surface area (Å²) in [6, 6.07) is 18.2. The molecule has 114 valence electrons. The first kappa shape index (κ1) is 15.8. The summed E-state index contributed by atoms with van der Waals surface area (Å²) in [4.78, 5) is -0.153. The van der Waals surface area contributed by atoms with Crippen molar-refractivity contribution in [2.75, 3.05) is 5.73 Å². The number of aromatic hydroxyl groups is 1. The SMILES string of the molecule is Nc1ccccc1.O=S(=O)(O)c1cccc2cc(O)ccc12. The minimum Gasteiger partial charge on any atom is -0.508 e. The molecule has 3 rings (SSSR count). The molecule has 0 radical (unpaired) electrons. The van der Waals surface area contributed by atoms with Crippen LogP contribution in [0.1, 0.15) is 0 Å². The molecular weight excluding hydrogens is 302 g/mol. The predicted molar refractivity (Wildman–Crippen MR) is 86.3 cm³/mol. The van der Waals surface area contributed by atoms with Crippen LogP contribution in [0.25, 0.3) is 10.8 Å². The lowest BCUT2D eigenvalue weighted by Gasteiger charge is -2.03. The summed E-state index contributed by atoms with van der Waals surface area (Å²) >= 11 is 0. The number of nitrogen functional groups attached to an aromatic ring is 1. The summed E-state index contributed by atoms with van der Waals surface area (Å²) in [5.41, 5.74) is 6.18. The van der Waals surface area contributed by atoms with Gasteiger partial charge in [-0.3, -0.25) is 4.55 Å². The third-order valence-corrected chi connectivity index (χ3v) is 3.81. The quantitative estimate of drug-likeness (QED) is 0.473. The molecule has 0 amide bonds. The van der Waals surface area contributed by atoms with Crippen LogP contribution in [-0.4, -0.2) is 18.1 Å². The van der Waals surface area contributed by atoms with Gasteiger partial charge >= 0.3 is 0 Å². The first-order valence-corrected chi connectivity index (χ1v) is 7.82. The Hall–Kier alpha value is -2.57. The summed E-state index contributed by atoms with van der Waals surface area (Å²) < 4.78 is 31.0. The predicted octanol–water partition coefficient (Wildman–Crippen LogP) is 3.06. The van der Waals surface area contributed by atoms with Crippen molar-refractivity contribution >= 4 is 26.6 Å². The van der Waals surface area contributed by atoms with Crippen molar-refractivity contribution in [3.05, 3.63) is 66.7 Å². The summed E-state index contributed by atoms with van der Waals surface area (Å²) in [5, 5.41) is 10.2. The Kier molecular flexibility index (Phi) is 4.65. The summed E-state index contributed by atoms with van der Waals surface area (Å²) in [7, 11) is -4.22. The molecule has 0 aliphatic carbocycles. The molecule has 0 saturated heterocycles. The summed E-state index contributed by atoms with van der Waals surface area (Å²) in [6.07, 6.45) is 0. The third-order valence-electron chi connectivity index (χ3n) is 2.90. The van der Waals surface area contributed by atoms with Crippen molar-refractivity contribution in [3.63, 3.8) is 0 Å². The van der Waals surface area contributed by atoms with E-state index in [9.17, 15) is 13.5 Å². The third kappa shape index (κ3) is 3.97. The Morgan fingerprint density at radius 3 is 2.09 bits per heavy atom. The second-order valence-corrected chi connectivity index (χ2v) is 5.94. The van der Waals surface area contributed by atoms with Crippen LogP contribution in [0.2, 0.25) is 0 Å². The van der Waals surface area contributed by atoms with Crippen LogP contribution in [0.15, 0.2) is 71.6 Å². The van der Waals surface area contributed by atoms with E-state index in [1.54, 1.807) is 6.07 Å². The molecule has 0 aromatic heterocycles. The highest BCUT2D eigenvalue weighted by atomic mass is 32.2. The van der Waals surface area contributed by atoms with Crippen molar-refractivity contribution in [1.29, 1.82) is 0 Å². The average Bonchev–Trinajstić information content (AvgIpc) is 2.47.